The number of hydrogen-bond donors (Lipinski definition) is 3. The quantitative estimate of drug-likeness (QED) is 0.585. The molecule has 7 heteroatoms. The summed E-state index contributed by atoms with van der Waals surface area (Å²) < 4.78 is 0. The van der Waals surface area contributed by atoms with E-state index < -0.39 is 11.9 Å². The minimum Gasteiger partial charge on any atom is -0.481 e. The number of amides is 1. The summed E-state index contributed by atoms with van der Waals surface area (Å²) in [5.74, 6) is -1.42. The number of anilines is 1. The Morgan fingerprint density at radius 3 is 2.73 bits per heavy atom. The highest BCUT2D eigenvalue weighted by Gasteiger charge is 2.21. The van der Waals surface area contributed by atoms with Gasteiger partial charge >= 0.3 is 5.97 Å². The van der Waals surface area contributed by atoms with Gasteiger partial charge in [0.05, 0.1) is 17.8 Å². The molecule has 4 N–H and O–H groups in total. The van der Waals surface area contributed by atoms with Crippen LogP contribution in [0.25, 0.3) is 17.3 Å². The lowest BCUT2D eigenvalue weighted by molar-refractivity contribution is -0.136. The summed E-state index contributed by atoms with van der Waals surface area (Å²) in [4.78, 5) is 33.0. The van der Waals surface area contributed by atoms with E-state index in [1.165, 1.54) is 0 Å². The van der Waals surface area contributed by atoms with E-state index in [1.807, 2.05) is 36.4 Å². The van der Waals surface area contributed by atoms with Crippen LogP contribution in [0.2, 0.25) is 0 Å². The summed E-state index contributed by atoms with van der Waals surface area (Å²) in [6.07, 6.45) is 4.38. The second kappa shape index (κ2) is 8.26. The molecule has 1 aromatic heterocycles. The molecule has 150 valence electrons. The van der Waals surface area contributed by atoms with Crippen LogP contribution < -0.4 is 11.1 Å². The van der Waals surface area contributed by atoms with Gasteiger partial charge in [0.1, 0.15) is 0 Å². The second-order valence-corrected chi connectivity index (χ2v) is 6.95. The molecule has 0 radical (unpaired) electrons. The Bertz CT molecular complexity index is 1170. The van der Waals surface area contributed by atoms with Crippen LogP contribution in [0.5, 0.6) is 0 Å². The van der Waals surface area contributed by atoms with Gasteiger partial charge in [0.15, 0.2) is 0 Å². The minimum absolute atomic E-state index is 0.0377. The largest absolute Gasteiger partial charge is 0.481 e. The summed E-state index contributed by atoms with van der Waals surface area (Å²) >= 11 is 0. The Labute approximate surface area is 173 Å². The first-order valence-corrected chi connectivity index (χ1v) is 9.53. The number of carbonyl (C=O) groups is 2. The fourth-order valence-electron chi connectivity index (χ4n) is 3.44. The molecule has 0 bridgehead atoms. The van der Waals surface area contributed by atoms with Gasteiger partial charge in [0, 0.05) is 29.8 Å². The van der Waals surface area contributed by atoms with Crippen molar-refractivity contribution >= 4 is 23.6 Å². The summed E-state index contributed by atoms with van der Waals surface area (Å²) in [6.45, 7) is 0.407. The first-order valence-electron chi connectivity index (χ1n) is 9.53. The Balaban J connectivity index is 1.71. The number of rotatable bonds is 6. The fraction of sp³-hybridized carbons (Fsp3) is 0.130. The minimum atomic E-state index is -0.973. The maximum Gasteiger partial charge on any atom is 0.307 e. The van der Waals surface area contributed by atoms with Crippen LogP contribution in [0.1, 0.15) is 33.0 Å². The third-order valence-electron chi connectivity index (χ3n) is 4.87. The summed E-state index contributed by atoms with van der Waals surface area (Å²) in [5, 5.41) is 11.9. The van der Waals surface area contributed by atoms with Crippen molar-refractivity contribution in [3.05, 3.63) is 82.8 Å². The van der Waals surface area contributed by atoms with Crippen LogP contribution in [0.15, 0.2) is 54.6 Å². The van der Waals surface area contributed by atoms with Gasteiger partial charge in [-0.05, 0) is 23.3 Å². The van der Waals surface area contributed by atoms with Crippen molar-refractivity contribution in [1.82, 2.24) is 9.97 Å². The number of nitrogens with zero attached hydrogens (tertiary/aromatic N) is 2. The van der Waals surface area contributed by atoms with E-state index >= 15 is 0 Å². The first kappa shape index (κ1) is 19.5. The number of benzene rings is 2. The highest BCUT2D eigenvalue weighted by molar-refractivity contribution is 6.03. The number of aromatic nitrogens is 2. The van der Waals surface area contributed by atoms with Gasteiger partial charge in [-0.25, -0.2) is 9.97 Å². The molecule has 30 heavy (non-hydrogen) atoms. The number of hydrogen-bond acceptors (Lipinski definition) is 5. The topological polar surface area (TPSA) is 118 Å². The van der Waals surface area contributed by atoms with Crippen molar-refractivity contribution in [1.29, 1.82) is 0 Å². The second-order valence-electron chi connectivity index (χ2n) is 6.95. The van der Waals surface area contributed by atoms with Crippen LogP contribution in [0.3, 0.4) is 0 Å². The Kier molecular flexibility index (Phi) is 5.36. The lowest BCUT2D eigenvalue weighted by Gasteiger charge is -2.12. The monoisotopic (exact) mass is 400 g/mol. The van der Waals surface area contributed by atoms with Crippen LogP contribution in [0.4, 0.5) is 5.69 Å². The zero-order valence-electron chi connectivity index (χ0n) is 16.1. The van der Waals surface area contributed by atoms with Gasteiger partial charge in [-0.15, -0.1) is 0 Å². The van der Waals surface area contributed by atoms with Gasteiger partial charge < -0.3 is 16.2 Å². The van der Waals surface area contributed by atoms with Crippen molar-refractivity contribution in [3.8, 4) is 11.3 Å². The van der Waals surface area contributed by atoms with E-state index in [2.05, 4.69) is 15.3 Å². The van der Waals surface area contributed by atoms with Gasteiger partial charge in [0.2, 0.25) is 5.82 Å². The molecule has 0 saturated carbocycles. The number of nitrogens with one attached hydrogen (secondary N) is 1. The van der Waals surface area contributed by atoms with E-state index in [0.717, 1.165) is 22.4 Å². The lowest BCUT2D eigenvalue weighted by Crippen LogP contribution is -2.19. The summed E-state index contributed by atoms with van der Waals surface area (Å²) in [5.41, 5.74) is 10.9. The van der Waals surface area contributed by atoms with E-state index in [4.69, 9.17) is 10.8 Å². The number of para-hydroxylation sites is 1. The number of aliphatic carboxylic acids is 1. The molecule has 0 fully saturated rings. The third kappa shape index (κ3) is 3.97. The molecule has 1 aliphatic rings. The standard InChI is InChI=1S/C23H20N4O3/c24-13-14-5-3-7-16(11-14)21-17-8-4-10-19(17)25-22(27-21)23(30)26-18-9-2-1-6-15(18)12-20(28)29/h1-9,11H,10,12-13,24H2,(H,26,30)(H,28,29). The van der Waals surface area contributed by atoms with Crippen LogP contribution >= 0.6 is 0 Å². The van der Waals surface area contributed by atoms with Gasteiger partial charge in [-0.1, -0.05) is 48.6 Å². The van der Waals surface area contributed by atoms with Crippen molar-refractivity contribution in [2.24, 2.45) is 5.73 Å². The molecule has 2 aromatic carbocycles. The van der Waals surface area contributed by atoms with Crippen LogP contribution in [-0.2, 0) is 24.2 Å². The smallest absolute Gasteiger partial charge is 0.307 e. The van der Waals surface area contributed by atoms with Crippen molar-refractivity contribution < 1.29 is 14.7 Å². The van der Waals surface area contributed by atoms with Crippen LogP contribution in [0, 0.1) is 0 Å². The number of allylic oxidation sites excluding steroid dienone is 1. The SMILES string of the molecule is NCc1cccc(-c2nc(C(=O)Nc3ccccc3CC(=O)O)nc3c2C=CC3)c1. The maximum atomic E-state index is 12.9. The van der Waals surface area contributed by atoms with Crippen molar-refractivity contribution in [2.75, 3.05) is 5.32 Å². The molecule has 1 heterocycles. The van der Waals surface area contributed by atoms with Crippen LogP contribution in [-0.4, -0.2) is 27.0 Å². The molecule has 4 rings (SSSR count). The van der Waals surface area contributed by atoms with E-state index in [1.54, 1.807) is 24.3 Å². The highest BCUT2D eigenvalue weighted by atomic mass is 16.4. The van der Waals surface area contributed by atoms with Crippen molar-refractivity contribution in [2.45, 2.75) is 19.4 Å². The van der Waals surface area contributed by atoms with E-state index in [9.17, 15) is 9.59 Å². The van der Waals surface area contributed by atoms with Gasteiger partial charge in [-0.2, -0.15) is 0 Å². The summed E-state index contributed by atoms with van der Waals surface area (Å²) in [6, 6.07) is 14.5. The Morgan fingerprint density at radius 2 is 1.93 bits per heavy atom. The average Bonchev–Trinajstić information content (AvgIpc) is 3.23. The molecular formula is C23H20N4O3. The highest BCUT2D eigenvalue weighted by Crippen LogP contribution is 2.29. The predicted octanol–water partition coefficient (Wildman–Crippen LogP) is 3.05. The van der Waals surface area contributed by atoms with Gasteiger partial charge in [0.25, 0.3) is 5.91 Å². The summed E-state index contributed by atoms with van der Waals surface area (Å²) in [7, 11) is 0. The third-order valence-corrected chi connectivity index (χ3v) is 4.87. The molecule has 1 aliphatic carbocycles. The Morgan fingerprint density at radius 1 is 1.10 bits per heavy atom. The zero-order chi connectivity index (χ0) is 21.1. The molecular weight excluding hydrogens is 380 g/mol. The molecule has 0 atom stereocenters. The maximum absolute atomic E-state index is 12.9. The fourth-order valence-corrected chi connectivity index (χ4v) is 3.44. The molecule has 3 aromatic rings. The number of nitrogens with two attached hydrogens (primary N) is 1. The lowest BCUT2D eigenvalue weighted by atomic mass is 10.0. The van der Waals surface area contributed by atoms with Gasteiger partial charge in [-0.3, -0.25) is 9.59 Å². The average molecular weight is 400 g/mol. The van der Waals surface area contributed by atoms with Crippen molar-refractivity contribution in [3.63, 3.8) is 0 Å². The zero-order valence-corrected chi connectivity index (χ0v) is 16.1. The normalized spacial score (nSPS) is 11.9. The first-order chi connectivity index (χ1) is 14.5. The Hall–Kier alpha value is -3.84. The molecule has 0 aliphatic heterocycles. The van der Waals surface area contributed by atoms with E-state index in [0.29, 0.717) is 29.9 Å². The number of carboxylic acid groups (broad SMARTS) is 1. The number of carboxylic acids is 1. The molecule has 0 spiro atoms. The molecule has 7 nitrogen and oxygen atoms in total. The number of fused-ring (bicyclic) bond motifs is 1. The van der Waals surface area contributed by atoms with E-state index in [-0.39, 0.29) is 12.2 Å². The molecule has 1 amide bonds. The molecule has 0 unspecified atom stereocenters. The predicted molar refractivity (Wildman–Crippen MR) is 114 cm³/mol. The number of carbonyl (C=O) groups excluding carboxylic acids is 1. The molecule has 0 saturated heterocycles.